The van der Waals surface area contributed by atoms with Gasteiger partial charge in [0.05, 0.1) is 24.5 Å². The topological polar surface area (TPSA) is 102 Å². The lowest BCUT2D eigenvalue weighted by Crippen LogP contribution is -2.33. The third kappa shape index (κ3) is 3.13. The average Bonchev–Trinajstić information content (AvgIpc) is 3.55. The molecule has 2 aliphatic heterocycles. The molecule has 6 rings (SSSR count). The standard InChI is InChI=1S/C22H27N7O2/c1-13-25-18(15-7-9-31-11-15)19-21(23-12-24-29(13)19)28-8-6-16-17(10-28)26-20(27-22(16)30)14-4-2-3-5-14/h12,14-15H,2-11H2,1H3,(H,26,27,30)/t15-/m1/s1. The summed E-state index contributed by atoms with van der Waals surface area (Å²) < 4.78 is 7.52. The largest absolute Gasteiger partial charge is 0.493 e. The van der Waals surface area contributed by atoms with Crippen LogP contribution in [0.3, 0.4) is 0 Å². The lowest BCUT2D eigenvalue weighted by atomic mass is 10.0. The van der Waals surface area contributed by atoms with Gasteiger partial charge in [0.2, 0.25) is 5.88 Å². The summed E-state index contributed by atoms with van der Waals surface area (Å²) in [4.78, 5) is 21.1. The molecule has 1 N–H and O–H groups in total. The number of aromatic nitrogens is 6. The molecule has 1 atom stereocenters. The first kappa shape index (κ1) is 18.9. The normalized spacial score (nSPS) is 21.8. The Morgan fingerprint density at radius 3 is 2.77 bits per heavy atom. The number of fused-ring (bicyclic) bond motifs is 2. The van der Waals surface area contributed by atoms with Gasteiger partial charge in [-0.1, -0.05) is 12.8 Å². The summed E-state index contributed by atoms with van der Waals surface area (Å²) in [6, 6.07) is 0. The Labute approximate surface area is 180 Å². The molecule has 0 amide bonds. The Morgan fingerprint density at radius 2 is 1.97 bits per heavy atom. The van der Waals surface area contributed by atoms with Gasteiger partial charge in [-0.2, -0.15) is 10.1 Å². The van der Waals surface area contributed by atoms with Crippen LogP contribution in [0.15, 0.2) is 6.33 Å². The predicted octanol–water partition coefficient (Wildman–Crippen LogP) is 2.65. The maximum Gasteiger partial charge on any atom is 0.217 e. The highest BCUT2D eigenvalue weighted by Gasteiger charge is 2.31. The molecule has 1 saturated carbocycles. The number of rotatable bonds is 3. The highest BCUT2D eigenvalue weighted by Crippen LogP contribution is 2.37. The number of nitrogens with zero attached hydrogens (tertiary/aromatic N) is 7. The highest BCUT2D eigenvalue weighted by atomic mass is 16.5. The van der Waals surface area contributed by atoms with Crippen LogP contribution in [0.1, 0.15) is 72.5 Å². The molecule has 1 saturated heterocycles. The van der Waals surface area contributed by atoms with Gasteiger partial charge < -0.3 is 14.7 Å². The minimum Gasteiger partial charge on any atom is -0.493 e. The predicted molar refractivity (Wildman–Crippen MR) is 113 cm³/mol. The van der Waals surface area contributed by atoms with E-state index in [1.807, 2.05) is 11.4 Å². The molecule has 2 fully saturated rings. The van der Waals surface area contributed by atoms with Gasteiger partial charge in [-0.3, -0.25) is 0 Å². The number of aromatic hydroxyl groups is 1. The van der Waals surface area contributed by atoms with Crippen LogP contribution in [0.2, 0.25) is 0 Å². The second-order valence-corrected chi connectivity index (χ2v) is 8.93. The third-order valence-corrected chi connectivity index (χ3v) is 7.00. The number of hydrogen-bond donors (Lipinski definition) is 1. The second-order valence-electron chi connectivity index (χ2n) is 8.93. The first-order valence-electron chi connectivity index (χ1n) is 11.3. The molecular formula is C22H27N7O2. The van der Waals surface area contributed by atoms with Crippen molar-refractivity contribution in [3.8, 4) is 5.88 Å². The molecule has 0 aromatic carbocycles. The summed E-state index contributed by atoms with van der Waals surface area (Å²) >= 11 is 0. The van der Waals surface area contributed by atoms with Crippen molar-refractivity contribution in [2.45, 2.75) is 63.8 Å². The molecule has 0 bridgehead atoms. The van der Waals surface area contributed by atoms with Crippen molar-refractivity contribution in [3.63, 3.8) is 0 Å². The zero-order chi connectivity index (χ0) is 20.9. The molecular weight excluding hydrogens is 394 g/mol. The van der Waals surface area contributed by atoms with E-state index in [4.69, 9.17) is 14.7 Å². The molecule has 162 valence electrons. The van der Waals surface area contributed by atoms with Crippen molar-refractivity contribution < 1.29 is 9.84 Å². The van der Waals surface area contributed by atoms with Gasteiger partial charge in [-0.25, -0.2) is 19.5 Å². The van der Waals surface area contributed by atoms with Crippen LogP contribution < -0.4 is 4.90 Å². The number of imidazole rings is 1. The Bertz CT molecular complexity index is 1130. The molecule has 0 spiro atoms. The van der Waals surface area contributed by atoms with E-state index in [-0.39, 0.29) is 11.8 Å². The van der Waals surface area contributed by atoms with Crippen LogP contribution in [-0.4, -0.2) is 54.4 Å². The van der Waals surface area contributed by atoms with E-state index in [0.717, 1.165) is 72.3 Å². The van der Waals surface area contributed by atoms with Gasteiger partial charge >= 0.3 is 0 Å². The summed E-state index contributed by atoms with van der Waals surface area (Å²) in [5.74, 6) is 3.33. The van der Waals surface area contributed by atoms with E-state index in [2.05, 4.69) is 20.0 Å². The van der Waals surface area contributed by atoms with Crippen LogP contribution in [-0.2, 0) is 17.7 Å². The van der Waals surface area contributed by atoms with Crippen molar-refractivity contribution in [2.24, 2.45) is 0 Å². The number of ether oxygens (including phenoxy) is 1. The number of aryl methyl sites for hydroxylation is 1. The summed E-state index contributed by atoms with van der Waals surface area (Å²) in [5, 5.41) is 15.1. The molecule has 31 heavy (non-hydrogen) atoms. The Morgan fingerprint density at radius 1 is 1.10 bits per heavy atom. The van der Waals surface area contributed by atoms with E-state index in [9.17, 15) is 5.11 Å². The SMILES string of the molecule is Cc1nc([C@@H]2CCOC2)c2c(N3CCc4c(O)nc(C5CCCC5)nc4C3)ncnn12. The summed E-state index contributed by atoms with van der Waals surface area (Å²) in [6.07, 6.45) is 7.90. The monoisotopic (exact) mass is 421 g/mol. The lowest BCUT2D eigenvalue weighted by molar-refractivity contribution is 0.193. The Balaban J connectivity index is 1.40. The lowest BCUT2D eigenvalue weighted by Gasteiger charge is -2.30. The van der Waals surface area contributed by atoms with Crippen molar-refractivity contribution >= 4 is 11.3 Å². The summed E-state index contributed by atoms with van der Waals surface area (Å²) in [5.41, 5.74) is 3.78. The zero-order valence-corrected chi connectivity index (χ0v) is 17.8. The highest BCUT2D eigenvalue weighted by molar-refractivity contribution is 5.73. The van der Waals surface area contributed by atoms with Gasteiger partial charge in [0, 0.05) is 30.6 Å². The zero-order valence-electron chi connectivity index (χ0n) is 17.8. The fourth-order valence-corrected chi connectivity index (χ4v) is 5.33. The minimum atomic E-state index is 0.156. The van der Waals surface area contributed by atoms with Crippen molar-refractivity contribution in [1.29, 1.82) is 0 Å². The first-order valence-corrected chi connectivity index (χ1v) is 11.3. The van der Waals surface area contributed by atoms with E-state index in [0.29, 0.717) is 25.5 Å². The maximum absolute atomic E-state index is 10.6. The van der Waals surface area contributed by atoms with E-state index in [1.54, 1.807) is 6.33 Å². The molecule has 0 radical (unpaired) electrons. The van der Waals surface area contributed by atoms with Gasteiger partial charge in [0.1, 0.15) is 23.5 Å². The second kappa shape index (κ2) is 7.40. The quantitative estimate of drug-likeness (QED) is 0.689. The van der Waals surface area contributed by atoms with Gasteiger partial charge in [0.25, 0.3) is 0 Å². The summed E-state index contributed by atoms with van der Waals surface area (Å²) in [6.45, 7) is 4.78. The molecule has 3 aromatic rings. The number of anilines is 1. The number of hydrogen-bond acceptors (Lipinski definition) is 8. The summed E-state index contributed by atoms with van der Waals surface area (Å²) in [7, 11) is 0. The smallest absolute Gasteiger partial charge is 0.217 e. The molecule has 5 heterocycles. The van der Waals surface area contributed by atoms with Gasteiger partial charge in [-0.05, 0) is 32.6 Å². The van der Waals surface area contributed by atoms with Crippen LogP contribution in [0.5, 0.6) is 5.88 Å². The van der Waals surface area contributed by atoms with Crippen LogP contribution in [0, 0.1) is 6.92 Å². The molecule has 3 aromatic heterocycles. The van der Waals surface area contributed by atoms with Crippen molar-refractivity contribution in [2.75, 3.05) is 24.7 Å². The van der Waals surface area contributed by atoms with Crippen LogP contribution in [0.25, 0.3) is 5.52 Å². The Hall–Kier alpha value is -2.81. The first-order chi connectivity index (χ1) is 15.2. The maximum atomic E-state index is 10.6. The minimum absolute atomic E-state index is 0.156. The molecule has 9 heteroatoms. The third-order valence-electron chi connectivity index (χ3n) is 7.00. The van der Waals surface area contributed by atoms with Crippen molar-refractivity contribution in [3.05, 3.63) is 34.9 Å². The average molecular weight is 422 g/mol. The molecule has 3 aliphatic rings. The van der Waals surface area contributed by atoms with E-state index < -0.39 is 0 Å². The van der Waals surface area contributed by atoms with Crippen molar-refractivity contribution in [1.82, 2.24) is 29.5 Å². The van der Waals surface area contributed by atoms with E-state index >= 15 is 0 Å². The van der Waals surface area contributed by atoms with Gasteiger partial charge in [0.15, 0.2) is 5.82 Å². The fraction of sp³-hybridized carbons (Fsp3) is 0.591. The molecule has 0 unspecified atom stereocenters. The molecule has 9 nitrogen and oxygen atoms in total. The Kier molecular flexibility index (Phi) is 4.52. The van der Waals surface area contributed by atoms with E-state index in [1.165, 1.54) is 12.8 Å². The molecule has 1 aliphatic carbocycles. The van der Waals surface area contributed by atoms with Crippen LogP contribution >= 0.6 is 0 Å². The van der Waals surface area contributed by atoms with Crippen LogP contribution in [0.4, 0.5) is 5.82 Å². The fourth-order valence-electron chi connectivity index (χ4n) is 5.33. The van der Waals surface area contributed by atoms with Gasteiger partial charge in [-0.15, -0.1) is 0 Å².